The molecule has 17 heavy (non-hydrogen) atoms. The van der Waals surface area contributed by atoms with Gasteiger partial charge in [-0.05, 0) is 33.0 Å². The number of hydrogen-bond donors (Lipinski definition) is 0. The summed E-state index contributed by atoms with van der Waals surface area (Å²) >= 11 is 0. The molecule has 0 radical (unpaired) electrons. The molecule has 0 amide bonds. The van der Waals surface area contributed by atoms with Gasteiger partial charge in [-0.25, -0.2) is 0 Å². The molecule has 3 atom stereocenters. The number of rotatable bonds is 2. The molecular formula is C12H18O4Si. The third-order valence-electron chi connectivity index (χ3n) is 3.04. The van der Waals surface area contributed by atoms with Gasteiger partial charge in [0.2, 0.25) is 0 Å². The normalized spacial score (nSPS) is 33.2. The van der Waals surface area contributed by atoms with Crippen LogP contribution in [-0.2, 0) is 18.8 Å². The van der Waals surface area contributed by atoms with Gasteiger partial charge in [0, 0.05) is 0 Å². The van der Waals surface area contributed by atoms with Crippen molar-refractivity contribution < 1.29 is 18.8 Å². The predicted octanol–water partition coefficient (Wildman–Crippen LogP) is 1.87. The SMILES string of the molecule is CC1=C[C@@H](O[Si](C)(C)C)[C@H]2C(=O)OC(=O)[C@H]2C1. The summed E-state index contributed by atoms with van der Waals surface area (Å²) in [6.07, 6.45) is 2.29. The molecule has 0 aromatic carbocycles. The maximum Gasteiger partial charge on any atom is 0.320 e. The summed E-state index contributed by atoms with van der Waals surface area (Å²) in [5.41, 5.74) is 1.10. The minimum Gasteiger partial charge on any atom is -0.410 e. The molecule has 0 N–H and O–H groups in total. The molecule has 1 heterocycles. The number of allylic oxidation sites excluding steroid dienone is 1. The second-order valence-electron chi connectivity index (χ2n) is 5.78. The minimum atomic E-state index is -1.75. The van der Waals surface area contributed by atoms with Crippen LogP contribution < -0.4 is 0 Å². The van der Waals surface area contributed by atoms with E-state index in [1.165, 1.54) is 0 Å². The summed E-state index contributed by atoms with van der Waals surface area (Å²) in [5.74, 6) is -1.59. The number of hydrogen-bond acceptors (Lipinski definition) is 4. The van der Waals surface area contributed by atoms with Crippen molar-refractivity contribution in [1.29, 1.82) is 0 Å². The van der Waals surface area contributed by atoms with Gasteiger partial charge in [0.25, 0.3) is 0 Å². The maximum atomic E-state index is 11.7. The highest BCUT2D eigenvalue weighted by Gasteiger charge is 2.50. The lowest BCUT2D eigenvalue weighted by Crippen LogP contribution is -2.41. The van der Waals surface area contributed by atoms with E-state index in [0.29, 0.717) is 6.42 Å². The van der Waals surface area contributed by atoms with Crippen molar-refractivity contribution in [2.75, 3.05) is 0 Å². The first kappa shape index (κ1) is 12.5. The second kappa shape index (κ2) is 4.06. The second-order valence-corrected chi connectivity index (χ2v) is 10.2. The smallest absolute Gasteiger partial charge is 0.320 e. The first-order valence-corrected chi connectivity index (χ1v) is 9.29. The van der Waals surface area contributed by atoms with Crippen LogP contribution in [-0.4, -0.2) is 26.4 Å². The fraction of sp³-hybridized carbons (Fsp3) is 0.667. The van der Waals surface area contributed by atoms with Crippen molar-refractivity contribution in [3.05, 3.63) is 11.6 Å². The number of fused-ring (bicyclic) bond motifs is 1. The van der Waals surface area contributed by atoms with E-state index >= 15 is 0 Å². The highest BCUT2D eigenvalue weighted by atomic mass is 28.4. The zero-order valence-electron chi connectivity index (χ0n) is 10.6. The topological polar surface area (TPSA) is 52.6 Å². The van der Waals surface area contributed by atoms with Crippen molar-refractivity contribution in [2.45, 2.75) is 39.1 Å². The fourth-order valence-corrected chi connectivity index (χ4v) is 3.47. The molecular weight excluding hydrogens is 236 g/mol. The lowest BCUT2D eigenvalue weighted by atomic mass is 9.80. The third kappa shape index (κ3) is 2.50. The zero-order valence-corrected chi connectivity index (χ0v) is 11.6. The largest absolute Gasteiger partial charge is 0.410 e. The van der Waals surface area contributed by atoms with Gasteiger partial charge in [0.1, 0.15) is 0 Å². The van der Waals surface area contributed by atoms with Crippen LogP contribution in [0.2, 0.25) is 19.6 Å². The van der Waals surface area contributed by atoms with Crippen molar-refractivity contribution in [2.24, 2.45) is 11.8 Å². The molecule has 1 aliphatic carbocycles. The van der Waals surface area contributed by atoms with Crippen LogP contribution in [0.3, 0.4) is 0 Å². The zero-order chi connectivity index (χ0) is 12.8. The average molecular weight is 254 g/mol. The Morgan fingerprint density at radius 2 is 1.94 bits per heavy atom. The van der Waals surface area contributed by atoms with E-state index in [2.05, 4.69) is 19.6 Å². The Morgan fingerprint density at radius 3 is 2.53 bits per heavy atom. The van der Waals surface area contributed by atoms with Gasteiger partial charge in [-0.2, -0.15) is 0 Å². The van der Waals surface area contributed by atoms with Gasteiger partial charge in [0.05, 0.1) is 17.9 Å². The van der Waals surface area contributed by atoms with E-state index in [0.717, 1.165) is 5.57 Å². The van der Waals surface area contributed by atoms with Crippen molar-refractivity contribution in [3.8, 4) is 0 Å². The van der Waals surface area contributed by atoms with Crippen molar-refractivity contribution >= 4 is 20.3 Å². The van der Waals surface area contributed by atoms with Crippen LogP contribution in [0.25, 0.3) is 0 Å². The number of carbonyl (C=O) groups is 2. The predicted molar refractivity (Wildman–Crippen MR) is 64.7 cm³/mol. The standard InChI is InChI=1S/C12H18O4Si/c1-7-5-8-10(12(14)15-11(8)13)9(6-7)16-17(2,3)4/h6,8-10H,5H2,1-4H3/t8-,9+,10-/m0/s1. The molecule has 4 nitrogen and oxygen atoms in total. The third-order valence-corrected chi connectivity index (χ3v) is 4.02. The Balaban J connectivity index is 2.27. The molecule has 94 valence electrons. The first-order valence-electron chi connectivity index (χ1n) is 5.88. The monoisotopic (exact) mass is 254 g/mol. The molecule has 0 aromatic heterocycles. The molecule has 0 unspecified atom stereocenters. The fourth-order valence-electron chi connectivity index (χ4n) is 2.44. The van der Waals surface area contributed by atoms with Crippen LogP contribution in [0.5, 0.6) is 0 Å². The van der Waals surface area contributed by atoms with Gasteiger partial charge in [-0.1, -0.05) is 11.6 Å². The van der Waals surface area contributed by atoms with Crippen LogP contribution >= 0.6 is 0 Å². The van der Waals surface area contributed by atoms with Crippen LogP contribution in [0.4, 0.5) is 0 Å². The summed E-state index contributed by atoms with van der Waals surface area (Å²) in [7, 11) is -1.75. The molecule has 2 aliphatic rings. The average Bonchev–Trinajstić information content (AvgIpc) is 2.39. The van der Waals surface area contributed by atoms with Gasteiger partial charge in [-0.3, -0.25) is 9.59 Å². The first-order chi connectivity index (χ1) is 7.78. The van der Waals surface area contributed by atoms with E-state index in [-0.39, 0.29) is 12.0 Å². The van der Waals surface area contributed by atoms with Gasteiger partial charge >= 0.3 is 11.9 Å². The molecule has 0 bridgehead atoms. The summed E-state index contributed by atoms with van der Waals surface area (Å²) < 4.78 is 10.7. The Kier molecular flexibility index (Phi) is 2.99. The molecule has 5 heteroatoms. The Bertz CT molecular complexity index is 394. The number of cyclic esters (lactones) is 2. The van der Waals surface area contributed by atoms with E-state index in [1.54, 1.807) is 0 Å². The Labute approximate surface area is 102 Å². The summed E-state index contributed by atoms with van der Waals surface area (Å²) in [5, 5.41) is 0. The minimum absolute atomic E-state index is 0.292. The summed E-state index contributed by atoms with van der Waals surface area (Å²) in [4.78, 5) is 23.2. The van der Waals surface area contributed by atoms with E-state index < -0.39 is 26.2 Å². The van der Waals surface area contributed by atoms with Crippen LogP contribution in [0.1, 0.15) is 13.3 Å². The molecule has 1 fully saturated rings. The number of esters is 2. The molecule has 1 aliphatic heterocycles. The Hall–Kier alpha value is -0.943. The van der Waals surface area contributed by atoms with Crippen LogP contribution in [0.15, 0.2) is 11.6 Å². The highest BCUT2D eigenvalue weighted by Crippen LogP contribution is 2.38. The van der Waals surface area contributed by atoms with Crippen molar-refractivity contribution in [3.63, 3.8) is 0 Å². The molecule has 1 saturated heterocycles. The quantitative estimate of drug-likeness (QED) is 0.327. The maximum absolute atomic E-state index is 11.7. The highest BCUT2D eigenvalue weighted by molar-refractivity contribution is 6.69. The number of carbonyl (C=O) groups excluding carboxylic acids is 2. The lowest BCUT2D eigenvalue weighted by molar-refractivity contribution is -0.154. The van der Waals surface area contributed by atoms with Gasteiger partial charge < -0.3 is 9.16 Å². The van der Waals surface area contributed by atoms with Gasteiger partial charge in [-0.15, -0.1) is 0 Å². The summed E-state index contributed by atoms with van der Waals surface area (Å²) in [6, 6.07) is 0. The molecule has 0 saturated carbocycles. The Morgan fingerprint density at radius 1 is 1.29 bits per heavy atom. The molecule has 0 spiro atoms. The van der Waals surface area contributed by atoms with Gasteiger partial charge in [0.15, 0.2) is 8.32 Å². The van der Waals surface area contributed by atoms with Crippen molar-refractivity contribution in [1.82, 2.24) is 0 Å². The molecule has 2 rings (SSSR count). The number of ether oxygens (including phenoxy) is 1. The van der Waals surface area contributed by atoms with E-state index in [4.69, 9.17) is 9.16 Å². The molecule has 0 aromatic rings. The van der Waals surface area contributed by atoms with E-state index in [9.17, 15) is 9.59 Å². The lowest BCUT2D eigenvalue weighted by Gasteiger charge is -2.32. The van der Waals surface area contributed by atoms with E-state index in [1.807, 2.05) is 13.0 Å². The summed E-state index contributed by atoms with van der Waals surface area (Å²) in [6.45, 7) is 8.18. The van der Waals surface area contributed by atoms with Crippen LogP contribution in [0, 0.1) is 11.8 Å².